The third-order valence-corrected chi connectivity index (χ3v) is 3.44. The molecule has 2 rings (SSSR count). The molecule has 1 aromatic rings. The zero-order chi connectivity index (χ0) is 11.7. The molecular weight excluding hydrogens is 200 g/mol. The lowest BCUT2D eigenvalue weighted by atomic mass is 10.2. The van der Waals surface area contributed by atoms with Crippen molar-refractivity contribution < 1.29 is 0 Å². The summed E-state index contributed by atoms with van der Waals surface area (Å²) in [6.45, 7) is 8.78. The van der Waals surface area contributed by atoms with Gasteiger partial charge in [0.2, 0.25) is 0 Å². The van der Waals surface area contributed by atoms with E-state index in [0.29, 0.717) is 12.1 Å². The second-order valence-corrected chi connectivity index (χ2v) is 5.02. The molecule has 90 valence electrons. The Kier molecular flexibility index (Phi) is 3.30. The molecule has 0 radical (unpaired) electrons. The third kappa shape index (κ3) is 2.13. The van der Waals surface area contributed by atoms with Crippen LogP contribution in [0, 0.1) is 0 Å². The Hall–Kier alpha value is -0.870. The number of hydrogen-bond donors (Lipinski definition) is 1. The molecule has 1 aliphatic heterocycles. The quantitative estimate of drug-likeness (QED) is 0.844. The Morgan fingerprint density at radius 2 is 2.19 bits per heavy atom. The topological polar surface area (TPSA) is 47.1 Å². The minimum absolute atomic E-state index is 0.0654. The molecule has 0 spiro atoms. The summed E-state index contributed by atoms with van der Waals surface area (Å²) in [7, 11) is 0. The molecule has 0 saturated carbocycles. The molecule has 1 saturated heterocycles. The predicted molar refractivity (Wildman–Crippen MR) is 65.2 cm³/mol. The highest BCUT2D eigenvalue weighted by atomic mass is 15.3. The van der Waals surface area contributed by atoms with E-state index in [-0.39, 0.29) is 6.04 Å². The Balaban J connectivity index is 2.11. The first-order chi connectivity index (χ1) is 7.59. The summed E-state index contributed by atoms with van der Waals surface area (Å²) < 4.78 is 2.12. The normalized spacial score (nSPS) is 24.2. The number of nitrogens with zero attached hydrogens (tertiary/aromatic N) is 3. The Morgan fingerprint density at radius 1 is 1.44 bits per heavy atom. The van der Waals surface area contributed by atoms with Crippen LogP contribution in [0.2, 0.25) is 0 Å². The molecular formula is C12H22N4. The van der Waals surface area contributed by atoms with Gasteiger partial charge in [-0.15, -0.1) is 0 Å². The second-order valence-electron chi connectivity index (χ2n) is 5.02. The van der Waals surface area contributed by atoms with E-state index in [9.17, 15) is 0 Å². The molecule has 0 aliphatic carbocycles. The fourth-order valence-electron chi connectivity index (χ4n) is 2.43. The molecule has 1 aliphatic rings. The lowest BCUT2D eigenvalue weighted by molar-refractivity contribution is 0.261. The second kappa shape index (κ2) is 4.55. The van der Waals surface area contributed by atoms with Gasteiger partial charge in [0.25, 0.3) is 0 Å². The zero-order valence-electron chi connectivity index (χ0n) is 10.4. The van der Waals surface area contributed by atoms with Crippen molar-refractivity contribution in [3.63, 3.8) is 0 Å². The van der Waals surface area contributed by atoms with Crippen LogP contribution in [0.5, 0.6) is 0 Å². The molecule has 0 bridgehead atoms. The largest absolute Gasteiger partial charge is 0.323 e. The van der Waals surface area contributed by atoms with Crippen LogP contribution in [0.3, 0.4) is 0 Å². The number of hydrogen-bond acceptors (Lipinski definition) is 3. The smallest absolute Gasteiger partial charge is 0.0662 e. The lowest BCUT2D eigenvalue weighted by Crippen LogP contribution is -2.29. The maximum atomic E-state index is 5.95. The van der Waals surface area contributed by atoms with Crippen molar-refractivity contribution in [1.29, 1.82) is 0 Å². The summed E-state index contributed by atoms with van der Waals surface area (Å²) in [6, 6.07) is 3.22. The van der Waals surface area contributed by atoms with Crippen molar-refractivity contribution in [3.05, 3.63) is 18.0 Å². The summed E-state index contributed by atoms with van der Waals surface area (Å²) in [5.74, 6) is 0. The summed E-state index contributed by atoms with van der Waals surface area (Å²) in [5.41, 5.74) is 7.10. The van der Waals surface area contributed by atoms with Gasteiger partial charge in [0.05, 0.1) is 11.7 Å². The first-order valence-corrected chi connectivity index (χ1v) is 6.12. The number of aromatic nitrogens is 2. The number of nitrogens with two attached hydrogens (primary N) is 1. The number of likely N-dealkylation sites (tertiary alicyclic amines) is 1. The van der Waals surface area contributed by atoms with E-state index in [1.165, 1.54) is 13.0 Å². The van der Waals surface area contributed by atoms with Gasteiger partial charge in [-0.3, -0.25) is 9.58 Å². The van der Waals surface area contributed by atoms with E-state index in [2.05, 4.69) is 28.5 Å². The van der Waals surface area contributed by atoms with E-state index in [4.69, 9.17) is 5.73 Å². The van der Waals surface area contributed by atoms with Gasteiger partial charge in [0.1, 0.15) is 0 Å². The fourth-order valence-corrected chi connectivity index (χ4v) is 2.43. The SMILES string of the molecule is CC(N)c1ccnn1C1CCN(C(C)C)C1. The van der Waals surface area contributed by atoms with Gasteiger partial charge in [-0.05, 0) is 33.3 Å². The van der Waals surface area contributed by atoms with Crippen LogP contribution >= 0.6 is 0 Å². The van der Waals surface area contributed by atoms with Gasteiger partial charge in [0, 0.05) is 31.4 Å². The average molecular weight is 222 g/mol. The summed E-state index contributed by atoms with van der Waals surface area (Å²) >= 11 is 0. The van der Waals surface area contributed by atoms with Gasteiger partial charge >= 0.3 is 0 Å². The monoisotopic (exact) mass is 222 g/mol. The van der Waals surface area contributed by atoms with Gasteiger partial charge in [0.15, 0.2) is 0 Å². The molecule has 2 atom stereocenters. The first-order valence-electron chi connectivity index (χ1n) is 6.12. The molecule has 4 nitrogen and oxygen atoms in total. The van der Waals surface area contributed by atoms with Crippen LogP contribution < -0.4 is 5.73 Å². The van der Waals surface area contributed by atoms with Crippen LogP contribution in [-0.2, 0) is 0 Å². The maximum Gasteiger partial charge on any atom is 0.0662 e. The van der Waals surface area contributed by atoms with Crippen molar-refractivity contribution in [3.8, 4) is 0 Å². The van der Waals surface area contributed by atoms with Crippen LogP contribution in [0.15, 0.2) is 12.3 Å². The molecule has 1 fully saturated rings. The van der Waals surface area contributed by atoms with Crippen LogP contribution in [0.4, 0.5) is 0 Å². The highest BCUT2D eigenvalue weighted by molar-refractivity contribution is 5.07. The molecule has 0 amide bonds. The van der Waals surface area contributed by atoms with Crippen molar-refractivity contribution >= 4 is 0 Å². The van der Waals surface area contributed by atoms with Gasteiger partial charge in [-0.2, -0.15) is 5.10 Å². The van der Waals surface area contributed by atoms with Gasteiger partial charge < -0.3 is 5.73 Å². The van der Waals surface area contributed by atoms with Crippen molar-refractivity contribution in [2.24, 2.45) is 5.73 Å². The van der Waals surface area contributed by atoms with E-state index < -0.39 is 0 Å². The minimum Gasteiger partial charge on any atom is -0.323 e. The molecule has 2 unspecified atom stereocenters. The zero-order valence-corrected chi connectivity index (χ0v) is 10.4. The summed E-state index contributed by atoms with van der Waals surface area (Å²) in [5, 5.41) is 4.42. The van der Waals surface area contributed by atoms with Crippen LogP contribution in [0.25, 0.3) is 0 Å². The Labute approximate surface area is 97.4 Å². The lowest BCUT2D eigenvalue weighted by Gasteiger charge is -2.21. The minimum atomic E-state index is 0.0654. The molecule has 16 heavy (non-hydrogen) atoms. The number of rotatable bonds is 3. The highest BCUT2D eigenvalue weighted by Gasteiger charge is 2.27. The predicted octanol–water partition coefficient (Wildman–Crippen LogP) is 1.56. The van der Waals surface area contributed by atoms with Crippen LogP contribution in [0.1, 0.15) is 45.0 Å². The van der Waals surface area contributed by atoms with E-state index in [1.807, 2.05) is 19.2 Å². The van der Waals surface area contributed by atoms with E-state index >= 15 is 0 Å². The standard InChI is InChI=1S/C12H22N4/c1-9(2)15-7-5-11(8-15)16-12(10(3)13)4-6-14-16/h4,6,9-11H,5,7-8,13H2,1-3H3. The van der Waals surface area contributed by atoms with Crippen molar-refractivity contribution in [1.82, 2.24) is 14.7 Å². The first kappa shape index (κ1) is 11.6. The van der Waals surface area contributed by atoms with Crippen molar-refractivity contribution in [2.45, 2.75) is 45.3 Å². The Morgan fingerprint density at radius 3 is 2.75 bits per heavy atom. The molecule has 1 aromatic heterocycles. The van der Waals surface area contributed by atoms with E-state index in [1.54, 1.807) is 0 Å². The van der Waals surface area contributed by atoms with Crippen LogP contribution in [-0.4, -0.2) is 33.8 Å². The summed E-state index contributed by atoms with van der Waals surface area (Å²) in [6.07, 6.45) is 3.04. The fraction of sp³-hybridized carbons (Fsp3) is 0.750. The third-order valence-electron chi connectivity index (χ3n) is 3.44. The molecule has 2 N–H and O–H groups in total. The summed E-state index contributed by atoms with van der Waals surface area (Å²) in [4.78, 5) is 2.50. The average Bonchev–Trinajstić information content (AvgIpc) is 2.86. The van der Waals surface area contributed by atoms with Crippen molar-refractivity contribution in [2.75, 3.05) is 13.1 Å². The van der Waals surface area contributed by atoms with Gasteiger partial charge in [-0.1, -0.05) is 0 Å². The highest BCUT2D eigenvalue weighted by Crippen LogP contribution is 2.25. The maximum absolute atomic E-state index is 5.95. The molecule has 2 heterocycles. The van der Waals surface area contributed by atoms with Gasteiger partial charge in [-0.25, -0.2) is 0 Å². The van der Waals surface area contributed by atoms with E-state index in [0.717, 1.165) is 12.2 Å². The molecule has 0 aromatic carbocycles. The Bertz CT molecular complexity index is 343. The molecule has 4 heteroatoms.